The monoisotopic (exact) mass is 248 g/mol. The summed E-state index contributed by atoms with van der Waals surface area (Å²) in [5, 5.41) is 18.9. The summed E-state index contributed by atoms with van der Waals surface area (Å²) in [6, 6.07) is 7.93. The fourth-order valence-electron chi connectivity index (χ4n) is 2.28. The molecule has 0 aliphatic heterocycles. The maximum absolute atomic E-state index is 10.9. The predicted molar refractivity (Wildman–Crippen MR) is 69.6 cm³/mol. The summed E-state index contributed by atoms with van der Waals surface area (Å²) in [7, 11) is 0. The first-order chi connectivity index (χ1) is 8.31. The van der Waals surface area contributed by atoms with E-state index in [0.717, 1.165) is 24.0 Å². The van der Waals surface area contributed by atoms with E-state index in [9.17, 15) is 9.90 Å². The summed E-state index contributed by atoms with van der Waals surface area (Å²) in [4.78, 5) is 10.9. The molecule has 1 aliphatic rings. The molecular weight excluding hydrogens is 228 g/mol. The van der Waals surface area contributed by atoms with E-state index in [1.807, 2.05) is 38.1 Å². The smallest absolute Gasteiger partial charge is 0.304 e. The zero-order chi connectivity index (χ0) is 13.4. The Hall–Kier alpha value is -1.35. The molecule has 0 saturated heterocycles. The van der Waals surface area contributed by atoms with E-state index in [2.05, 4.69) is 0 Å². The molecule has 0 unspecified atom stereocenters. The van der Waals surface area contributed by atoms with Crippen molar-refractivity contribution >= 4 is 5.97 Å². The van der Waals surface area contributed by atoms with Gasteiger partial charge in [-0.2, -0.15) is 0 Å². The molecule has 0 heterocycles. The Bertz CT molecular complexity index is 459. The van der Waals surface area contributed by atoms with Crippen LogP contribution in [0.25, 0.3) is 0 Å². The summed E-state index contributed by atoms with van der Waals surface area (Å²) < 4.78 is 0. The second-order valence-electron chi connectivity index (χ2n) is 6.06. The minimum Gasteiger partial charge on any atom is -0.481 e. The fraction of sp³-hybridized carbons (Fsp3) is 0.533. The van der Waals surface area contributed by atoms with Gasteiger partial charge < -0.3 is 10.2 Å². The van der Waals surface area contributed by atoms with Crippen molar-refractivity contribution in [2.75, 3.05) is 0 Å². The van der Waals surface area contributed by atoms with Crippen molar-refractivity contribution in [2.24, 2.45) is 0 Å². The Morgan fingerprint density at radius 2 is 2.06 bits per heavy atom. The van der Waals surface area contributed by atoms with Crippen molar-refractivity contribution in [3.63, 3.8) is 0 Å². The minimum absolute atomic E-state index is 0.112. The van der Waals surface area contributed by atoms with Crippen LogP contribution in [0.2, 0.25) is 0 Å². The highest BCUT2D eigenvalue weighted by molar-refractivity contribution is 5.68. The molecular formula is C15H20O3. The lowest BCUT2D eigenvalue weighted by molar-refractivity contribution is -0.138. The van der Waals surface area contributed by atoms with Gasteiger partial charge in [0.05, 0.1) is 12.0 Å². The Kier molecular flexibility index (Phi) is 3.20. The molecule has 1 saturated carbocycles. The highest BCUT2D eigenvalue weighted by Gasteiger charge is 2.40. The highest BCUT2D eigenvalue weighted by Crippen LogP contribution is 2.39. The Balaban J connectivity index is 2.18. The molecule has 1 fully saturated rings. The van der Waals surface area contributed by atoms with Crippen LogP contribution >= 0.6 is 0 Å². The van der Waals surface area contributed by atoms with Crippen LogP contribution in [0.1, 0.15) is 44.2 Å². The number of benzene rings is 1. The zero-order valence-corrected chi connectivity index (χ0v) is 10.9. The SMILES string of the molecule is CC(C)(CC(=O)O)c1cccc(CC2(O)CC2)c1. The average Bonchev–Trinajstić information content (AvgIpc) is 2.94. The number of aliphatic hydroxyl groups is 1. The van der Waals surface area contributed by atoms with Crippen molar-refractivity contribution in [3.8, 4) is 0 Å². The average molecular weight is 248 g/mol. The molecule has 0 aromatic heterocycles. The van der Waals surface area contributed by atoms with Gasteiger partial charge in [0.25, 0.3) is 0 Å². The molecule has 18 heavy (non-hydrogen) atoms. The normalized spacial score (nSPS) is 17.5. The fourth-order valence-corrected chi connectivity index (χ4v) is 2.28. The number of carboxylic acids is 1. The van der Waals surface area contributed by atoms with Crippen molar-refractivity contribution in [3.05, 3.63) is 35.4 Å². The molecule has 3 nitrogen and oxygen atoms in total. The summed E-state index contributed by atoms with van der Waals surface area (Å²) in [6.07, 6.45) is 2.52. The van der Waals surface area contributed by atoms with Crippen LogP contribution in [0.5, 0.6) is 0 Å². The standard InChI is InChI=1S/C15H20O3/c1-14(2,10-13(16)17)12-5-3-4-11(8-12)9-15(18)6-7-15/h3-5,8,18H,6-7,9-10H2,1-2H3,(H,16,17). The Morgan fingerprint density at radius 1 is 1.39 bits per heavy atom. The number of aliphatic carboxylic acids is 1. The minimum atomic E-state index is -0.786. The maximum Gasteiger partial charge on any atom is 0.304 e. The third kappa shape index (κ3) is 3.10. The topological polar surface area (TPSA) is 57.5 Å². The van der Waals surface area contributed by atoms with Crippen molar-refractivity contribution in [1.29, 1.82) is 0 Å². The first-order valence-corrected chi connectivity index (χ1v) is 6.34. The number of hydrogen-bond acceptors (Lipinski definition) is 2. The van der Waals surface area contributed by atoms with Gasteiger partial charge in [-0.05, 0) is 24.0 Å². The van der Waals surface area contributed by atoms with E-state index in [4.69, 9.17) is 5.11 Å². The Morgan fingerprint density at radius 3 is 2.61 bits per heavy atom. The highest BCUT2D eigenvalue weighted by atomic mass is 16.4. The maximum atomic E-state index is 10.9. The number of carbonyl (C=O) groups is 1. The van der Waals surface area contributed by atoms with Crippen LogP contribution < -0.4 is 0 Å². The lowest BCUT2D eigenvalue weighted by atomic mass is 9.80. The van der Waals surface area contributed by atoms with Gasteiger partial charge in [-0.25, -0.2) is 0 Å². The van der Waals surface area contributed by atoms with Gasteiger partial charge in [-0.1, -0.05) is 38.1 Å². The van der Waals surface area contributed by atoms with Gasteiger partial charge in [0.2, 0.25) is 0 Å². The second kappa shape index (κ2) is 4.39. The third-order valence-electron chi connectivity index (χ3n) is 3.66. The molecule has 2 N–H and O–H groups in total. The lowest BCUT2D eigenvalue weighted by Crippen LogP contribution is -2.22. The van der Waals surface area contributed by atoms with Gasteiger partial charge >= 0.3 is 5.97 Å². The first-order valence-electron chi connectivity index (χ1n) is 6.34. The molecule has 0 bridgehead atoms. The zero-order valence-electron chi connectivity index (χ0n) is 10.9. The molecule has 0 radical (unpaired) electrons. The van der Waals surface area contributed by atoms with Gasteiger partial charge in [0.15, 0.2) is 0 Å². The van der Waals surface area contributed by atoms with Crippen molar-refractivity contribution in [2.45, 2.75) is 50.5 Å². The van der Waals surface area contributed by atoms with Crippen LogP contribution in [-0.4, -0.2) is 21.8 Å². The molecule has 0 spiro atoms. The van der Waals surface area contributed by atoms with E-state index in [1.165, 1.54) is 0 Å². The summed E-state index contributed by atoms with van der Waals surface area (Å²) in [5.74, 6) is -0.786. The molecule has 3 heteroatoms. The van der Waals surface area contributed by atoms with Crippen LogP contribution in [0.3, 0.4) is 0 Å². The lowest BCUT2D eigenvalue weighted by Gasteiger charge is -2.24. The van der Waals surface area contributed by atoms with Crippen molar-refractivity contribution in [1.82, 2.24) is 0 Å². The molecule has 0 atom stereocenters. The quantitative estimate of drug-likeness (QED) is 0.841. The van der Waals surface area contributed by atoms with Gasteiger partial charge in [0.1, 0.15) is 0 Å². The number of rotatable bonds is 5. The van der Waals surface area contributed by atoms with Crippen molar-refractivity contribution < 1.29 is 15.0 Å². The number of carboxylic acid groups (broad SMARTS) is 1. The predicted octanol–water partition coefficient (Wildman–Crippen LogP) is 2.51. The first kappa shape index (κ1) is 13.1. The number of hydrogen-bond donors (Lipinski definition) is 2. The molecule has 1 aliphatic carbocycles. The van der Waals surface area contributed by atoms with Crippen LogP contribution in [0.4, 0.5) is 0 Å². The molecule has 0 amide bonds. The molecule has 1 aromatic rings. The van der Waals surface area contributed by atoms with Gasteiger partial charge in [-0.3, -0.25) is 4.79 Å². The van der Waals surface area contributed by atoms with E-state index < -0.39 is 11.6 Å². The van der Waals surface area contributed by atoms with Gasteiger partial charge in [-0.15, -0.1) is 0 Å². The van der Waals surface area contributed by atoms with Gasteiger partial charge in [0, 0.05) is 11.8 Å². The van der Waals surface area contributed by atoms with Crippen LogP contribution in [0, 0.1) is 0 Å². The largest absolute Gasteiger partial charge is 0.481 e. The van der Waals surface area contributed by atoms with Crippen LogP contribution in [0.15, 0.2) is 24.3 Å². The third-order valence-corrected chi connectivity index (χ3v) is 3.66. The Labute approximate surface area is 107 Å². The summed E-state index contributed by atoms with van der Waals surface area (Å²) >= 11 is 0. The van der Waals surface area contributed by atoms with E-state index in [-0.39, 0.29) is 11.8 Å². The van der Waals surface area contributed by atoms with E-state index in [1.54, 1.807) is 0 Å². The van der Waals surface area contributed by atoms with Crippen LogP contribution in [-0.2, 0) is 16.6 Å². The summed E-state index contributed by atoms with van der Waals surface area (Å²) in [6.45, 7) is 3.87. The molecule has 1 aromatic carbocycles. The van der Waals surface area contributed by atoms with E-state index in [0.29, 0.717) is 6.42 Å². The summed E-state index contributed by atoms with van der Waals surface area (Å²) in [5.41, 5.74) is 1.22. The van der Waals surface area contributed by atoms with E-state index >= 15 is 0 Å². The molecule has 98 valence electrons. The molecule has 2 rings (SSSR count). The second-order valence-corrected chi connectivity index (χ2v) is 6.06.